The second-order valence-corrected chi connectivity index (χ2v) is 7.33. The topological polar surface area (TPSA) is 41.9 Å². The van der Waals surface area contributed by atoms with E-state index in [1.807, 2.05) is 6.92 Å². The van der Waals surface area contributed by atoms with E-state index in [0.717, 1.165) is 43.3 Å². The van der Waals surface area contributed by atoms with Gasteiger partial charge in [-0.2, -0.15) is 0 Å². The van der Waals surface area contributed by atoms with Crippen LogP contribution >= 0.6 is 0 Å². The maximum absolute atomic E-state index is 10.0. The largest absolute Gasteiger partial charge is 0.493 e. The van der Waals surface area contributed by atoms with Crippen molar-refractivity contribution in [2.75, 3.05) is 27.3 Å². The zero-order chi connectivity index (χ0) is 17.7. The van der Waals surface area contributed by atoms with Crippen molar-refractivity contribution in [3.63, 3.8) is 0 Å². The van der Waals surface area contributed by atoms with E-state index in [0.29, 0.717) is 0 Å². The van der Waals surface area contributed by atoms with E-state index in [4.69, 9.17) is 9.47 Å². The van der Waals surface area contributed by atoms with E-state index in [9.17, 15) is 5.11 Å². The molecule has 4 nitrogen and oxygen atoms in total. The number of fused-ring (bicyclic) bond motifs is 1. The van der Waals surface area contributed by atoms with Crippen molar-refractivity contribution in [2.24, 2.45) is 5.92 Å². The van der Waals surface area contributed by atoms with Gasteiger partial charge in [0.25, 0.3) is 0 Å². The van der Waals surface area contributed by atoms with Crippen molar-refractivity contribution in [3.8, 4) is 11.5 Å². The van der Waals surface area contributed by atoms with Gasteiger partial charge in [-0.1, -0.05) is 13.8 Å². The van der Waals surface area contributed by atoms with Crippen molar-refractivity contribution >= 4 is 0 Å². The molecule has 2 atom stereocenters. The minimum absolute atomic E-state index is 0.251. The molecule has 0 fully saturated rings. The molecule has 0 spiro atoms. The quantitative estimate of drug-likeness (QED) is 0.784. The average Bonchev–Trinajstić information content (AvgIpc) is 2.54. The van der Waals surface area contributed by atoms with Crippen molar-refractivity contribution in [1.82, 2.24) is 4.90 Å². The molecule has 1 aromatic rings. The van der Waals surface area contributed by atoms with Crippen LogP contribution in [-0.4, -0.2) is 43.4 Å². The van der Waals surface area contributed by atoms with E-state index in [-0.39, 0.29) is 12.1 Å². The summed E-state index contributed by atoms with van der Waals surface area (Å²) in [5.41, 5.74) is 2.60. The van der Waals surface area contributed by atoms with Crippen LogP contribution in [-0.2, 0) is 6.42 Å². The SMILES string of the molecule is COc1cc2c(cc1OC)C(C[C@@H](C)O)N(CCCC(C)C)CC2. The number of aliphatic hydroxyl groups excluding tert-OH is 1. The first-order valence-corrected chi connectivity index (χ1v) is 9.13. The fourth-order valence-electron chi connectivity index (χ4n) is 3.65. The third-order valence-electron chi connectivity index (χ3n) is 4.90. The van der Waals surface area contributed by atoms with Gasteiger partial charge in [-0.3, -0.25) is 4.90 Å². The third kappa shape index (κ3) is 4.64. The van der Waals surface area contributed by atoms with Gasteiger partial charge in [0.1, 0.15) is 0 Å². The zero-order valence-corrected chi connectivity index (χ0v) is 15.8. The van der Waals surface area contributed by atoms with Gasteiger partial charge in [-0.25, -0.2) is 0 Å². The van der Waals surface area contributed by atoms with Crippen molar-refractivity contribution in [3.05, 3.63) is 23.3 Å². The van der Waals surface area contributed by atoms with Crippen LogP contribution in [0.3, 0.4) is 0 Å². The minimum Gasteiger partial charge on any atom is -0.493 e. The van der Waals surface area contributed by atoms with Gasteiger partial charge in [-0.15, -0.1) is 0 Å². The maximum atomic E-state index is 10.0. The summed E-state index contributed by atoms with van der Waals surface area (Å²) in [5, 5.41) is 10.0. The summed E-state index contributed by atoms with van der Waals surface area (Å²) < 4.78 is 10.9. The molecule has 1 aliphatic heterocycles. The fraction of sp³-hybridized carbons (Fsp3) is 0.700. The van der Waals surface area contributed by atoms with Crippen LogP contribution in [0, 0.1) is 5.92 Å². The Morgan fingerprint density at radius 1 is 1.17 bits per heavy atom. The molecule has 0 saturated carbocycles. The fourth-order valence-corrected chi connectivity index (χ4v) is 3.65. The second-order valence-electron chi connectivity index (χ2n) is 7.33. The second kappa shape index (κ2) is 8.72. The molecule has 136 valence electrons. The molecule has 0 aromatic heterocycles. The number of rotatable bonds is 8. The Hall–Kier alpha value is -1.26. The number of methoxy groups -OCH3 is 2. The molecule has 1 N–H and O–H groups in total. The van der Waals surface area contributed by atoms with Gasteiger partial charge in [0.05, 0.1) is 20.3 Å². The Morgan fingerprint density at radius 3 is 2.42 bits per heavy atom. The van der Waals surface area contributed by atoms with Crippen LogP contribution in [0.2, 0.25) is 0 Å². The number of ether oxygens (including phenoxy) is 2. The summed E-state index contributed by atoms with van der Waals surface area (Å²) in [6.07, 6.45) is 3.91. The van der Waals surface area contributed by atoms with Crippen LogP contribution < -0.4 is 9.47 Å². The molecule has 24 heavy (non-hydrogen) atoms. The van der Waals surface area contributed by atoms with Gasteiger partial charge in [0, 0.05) is 12.6 Å². The molecule has 4 heteroatoms. The van der Waals surface area contributed by atoms with Gasteiger partial charge in [0.15, 0.2) is 11.5 Å². The number of nitrogens with zero attached hydrogens (tertiary/aromatic N) is 1. The predicted octanol–water partition coefficient (Wildman–Crippen LogP) is 3.81. The standard InChI is InChI=1S/C20H33NO3/c1-14(2)7-6-9-21-10-8-16-12-19(23-4)20(24-5)13-17(16)18(21)11-15(3)22/h12-15,18,22H,6-11H2,1-5H3/t15-,18?/m1/s1. The summed E-state index contributed by atoms with van der Waals surface area (Å²) in [7, 11) is 3.36. The van der Waals surface area contributed by atoms with E-state index in [1.54, 1.807) is 14.2 Å². The molecule has 1 unspecified atom stereocenters. The Morgan fingerprint density at radius 2 is 1.83 bits per heavy atom. The van der Waals surface area contributed by atoms with Crippen molar-refractivity contribution in [1.29, 1.82) is 0 Å². The first-order chi connectivity index (χ1) is 11.5. The Kier molecular flexibility index (Phi) is 6.93. The van der Waals surface area contributed by atoms with E-state index in [1.165, 1.54) is 24.0 Å². The lowest BCUT2D eigenvalue weighted by Gasteiger charge is -2.38. The molecule has 0 amide bonds. The van der Waals surface area contributed by atoms with Crippen LogP contribution in [0.15, 0.2) is 12.1 Å². The highest BCUT2D eigenvalue weighted by Gasteiger charge is 2.29. The third-order valence-corrected chi connectivity index (χ3v) is 4.90. The molecule has 1 aliphatic rings. The molecule has 0 radical (unpaired) electrons. The summed E-state index contributed by atoms with van der Waals surface area (Å²) >= 11 is 0. The monoisotopic (exact) mass is 335 g/mol. The summed E-state index contributed by atoms with van der Waals surface area (Å²) in [6, 6.07) is 4.46. The first kappa shape index (κ1) is 19.1. The highest BCUT2D eigenvalue weighted by atomic mass is 16.5. The van der Waals surface area contributed by atoms with Crippen LogP contribution in [0.25, 0.3) is 0 Å². The van der Waals surface area contributed by atoms with Crippen molar-refractivity contribution in [2.45, 2.75) is 58.6 Å². The maximum Gasteiger partial charge on any atom is 0.161 e. The lowest BCUT2D eigenvalue weighted by Crippen LogP contribution is -2.37. The smallest absolute Gasteiger partial charge is 0.161 e. The number of hydrogen-bond donors (Lipinski definition) is 1. The molecule has 0 saturated heterocycles. The summed E-state index contributed by atoms with van der Waals surface area (Å²) in [4.78, 5) is 2.53. The molecule has 1 aromatic carbocycles. The van der Waals surface area contributed by atoms with Gasteiger partial charge >= 0.3 is 0 Å². The molecular formula is C20H33NO3. The van der Waals surface area contributed by atoms with Crippen LogP contribution in [0.1, 0.15) is 57.2 Å². The van der Waals surface area contributed by atoms with Gasteiger partial charge in [-0.05, 0) is 68.3 Å². The average molecular weight is 335 g/mol. The summed E-state index contributed by atoms with van der Waals surface area (Å²) in [6.45, 7) is 8.55. The highest BCUT2D eigenvalue weighted by molar-refractivity contribution is 5.49. The van der Waals surface area contributed by atoms with Crippen molar-refractivity contribution < 1.29 is 14.6 Å². The van der Waals surface area contributed by atoms with E-state index in [2.05, 4.69) is 30.9 Å². The highest BCUT2D eigenvalue weighted by Crippen LogP contribution is 2.40. The lowest BCUT2D eigenvalue weighted by molar-refractivity contribution is 0.103. The lowest BCUT2D eigenvalue weighted by atomic mass is 9.88. The molecule has 2 rings (SSSR count). The van der Waals surface area contributed by atoms with Crippen LogP contribution in [0.4, 0.5) is 0 Å². The Balaban J connectivity index is 2.26. The predicted molar refractivity (Wildman–Crippen MR) is 97.9 cm³/mol. The number of aliphatic hydroxyl groups is 1. The normalized spacial score (nSPS) is 19.2. The van der Waals surface area contributed by atoms with E-state index < -0.39 is 0 Å². The van der Waals surface area contributed by atoms with Crippen LogP contribution in [0.5, 0.6) is 11.5 Å². The number of hydrogen-bond acceptors (Lipinski definition) is 4. The number of benzene rings is 1. The molecular weight excluding hydrogens is 302 g/mol. The Labute approximate surface area is 146 Å². The minimum atomic E-state index is -0.318. The molecule has 0 aliphatic carbocycles. The Bertz CT molecular complexity index is 528. The molecule has 0 bridgehead atoms. The zero-order valence-electron chi connectivity index (χ0n) is 15.8. The summed E-state index contributed by atoms with van der Waals surface area (Å²) in [5.74, 6) is 2.30. The first-order valence-electron chi connectivity index (χ1n) is 9.13. The van der Waals surface area contributed by atoms with Gasteiger partial charge in [0.2, 0.25) is 0 Å². The van der Waals surface area contributed by atoms with E-state index >= 15 is 0 Å². The van der Waals surface area contributed by atoms with Gasteiger partial charge < -0.3 is 14.6 Å². The molecule has 1 heterocycles.